The van der Waals surface area contributed by atoms with Gasteiger partial charge in [-0.1, -0.05) is 35.5 Å². The highest BCUT2D eigenvalue weighted by Crippen LogP contribution is 2.14. The van der Waals surface area contributed by atoms with E-state index in [1.165, 1.54) is 0 Å². The van der Waals surface area contributed by atoms with Crippen LogP contribution in [0.1, 0.15) is 11.3 Å². The average molecular weight is 309 g/mol. The van der Waals surface area contributed by atoms with E-state index in [0.29, 0.717) is 29.6 Å². The van der Waals surface area contributed by atoms with Gasteiger partial charge in [-0.05, 0) is 24.6 Å². The first-order chi connectivity index (χ1) is 11.2. The van der Waals surface area contributed by atoms with Crippen LogP contribution in [-0.2, 0) is 11.2 Å². The number of aromatic nitrogens is 3. The molecule has 0 unspecified atom stereocenters. The lowest BCUT2D eigenvalue weighted by molar-refractivity contribution is -0.115. The second-order valence-corrected chi connectivity index (χ2v) is 4.96. The molecule has 1 aromatic carbocycles. The quantitative estimate of drug-likeness (QED) is 0.752. The first kappa shape index (κ1) is 14.7. The highest BCUT2D eigenvalue weighted by molar-refractivity contribution is 5.91. The molecule has 0 aliphatic heterocycles. The summed E-state index contributed by atoms with van der Waals surface area (Å²) in [5, 5.41) is 17.4. The van der Waals surface area contributed by atoms with E-state index in [0.717, 1.165) is 5.56 Å². The van der Waals surface area contributed by atoms with Gasteiger partial charge in [-0.2, -0.15) is 0 Å². The lowest BCUT2D eigenvalue weighted by atomic mass is 10.1. The summed E-state index contributed by atoms with van der Waals surface area (Å²) in [7, 11) is 0. The van der Waals surface area contributed by atoms with E-state index >= 15 is 0 Å². The van der Waals surface area contributed by atoms with Gasteiger partial charge in [-0.25, -0.2) is 0 Å². The number of rotatable bonds is 5. The zero-order valence-corrected chi connectivity index (χ0v) is 12.5. The third kappa shape index (κ3) is 4.13. The zero-order chi connectivity index (χ0) is 16.1. The Morgan fingerprint density at radius 1 is 1.04 bits per heavy atom. The Balaban J connectivity index is 1.57. The number of carbonyl (C=O) groups excluding carboxylic acids is 1. The molecule has 0 saturated carbocycles. The van der Waals surface area contributed by atoms with Crippen molar-refractivity contribution in [1.29, 1.82) is 0 Å². The molecule has 2 heterocycles. The normalized spacial score (nSPS) is 10.3. The predicted molar refractivity (Wildman–Crippen MR) is 85.3 cm³/mol. The zero-order valence-electron chi connectivity index (χ0n) is 12.5. The number of hydrogen-bond donors (Lipinski definition) is 2. The molecule has 0 radical (unpaired) electrons. The van der Waals surface area contributed by atoms with Crippen molar-refractivity contribution < 1.29 is 9.32 Å². The van der Waals surface area contributed by atoms with Gasteiger partial charge in [-0.3, -0.25) is 4.79 Å². The molecule has 0 spiro atoms. The van der Waals surface area contributed by atoms with E-state index in [2.05, 4.69) is 26.0 Å². The van der Waals surface area contributed by atoms with Gasteiger partial charge in [0.2, 0.25) is 5.91 Å². The van der Waals surface area contributed by atoms with Crippen LogP contribution in [-0.4, -0.2) is 21.3 Å². The molecule has 116 valence electrons. The summed E-state index contributed by atoms with van der Waals surface area (Å²) in [5.74, 6) is 2.02. The smallest absolute Gasteiger partial charge is 0.229 e. The molecule has 7 nitrogen and oxygen atoms in total. The number of nitrogens with one attached hydrogen (secondary N) is 2. The summed E-state index contributed by atoms with van der Waals surface area (Å²) >= 11 is 0. The number of benzene rings is 1. The first-order valence-electron chi connectivity index (χ1n) is 7.07. The lowest BCUT2D eigenvalue weighted by Crippen LogP contribution is -2.15. The molecule has 0 atom stereocenters. The molecule has 23 heavy (non-hydrogen) atoms. The van der Waals surface area contributed by atoms with Crippen molar-refractivity contribution in [2.45, 2.75) is 13.3 Å². The van der Waals surface area contributed by atoms with E-state index in [9.17, 15) is 4.79 Å². The van der Waals surface area contributed by atoms with Crippen molar-refractivity contribution in [3.8, 4) is 0 Å². The van der Waals surface area contributed by atoms with Gasteiger partial charge in [-0.15, -0.1) is 10.2 Å². The Kier molecular flexibility index (Phi) is 4.28. The minimum atomic E-state index is -0.140. The fraction of sp³-hybridized carbons (Fsp3) is 0.125. The van der Waals surface area contributed by atoms with E-state index in [4.69, 9.17) is 4.52 Å². The van der Waals surface area contributed by atoms with E-state index in [1.807, 2.05) is 30.3 Å². The maximum absolute atomic E-state index is 11.9. The molecule has 0 bridgehead atoms. The number of hydrogen-bond acceptors (Lipinski definition) is 6. The fourth-order valence-electron chi connectivity index (χ4n) is 1.99. The minimum absolute atomic E-state index is 0.140. The summed E-state index contributed by atoms with van der Waals surface area (Å²) in [6.07, 6.45) is 0.292. The highest BCUT2D eigenvalue weighted by Gasteiger charge is 2.06. The molecule has 0 fully saturated rings. The molecule has 7 heteroatoms. The average Bonchev–Trinajstić information content (AvgIpc) is 2.95. The molecule has 1 amide bonds. The van der Waals surface area contributed by atoms with Gasteiger partial charge in [0.25, 0.3) is 0 Å². The molecule has 0 aliphatic rings. The van der Waals surface area contributed by atoms with Gasteiger partial charge in [0.05, 0.1) is 6.42 Å². The summed E-state index contributed by atoms with van der Waals surface area (Å²) in [6, 6.07) is 14.6. The minimum Gasteiger partial charge on any atom is -0.360 e. The van der Waals surface area contributed by atoms with Crippen LogP contribution in [0.15, 0.2) is 53.1 Å². The Morgan fingerprint density at radius 2 is 1.78 bits per heavy atom. The Hall–Kier alpha value is -3.22. The largest absolute Gasteiger partial charge is 0.360 e. The second-order valence-electron chi connectivity index (χ2n) is 4.96. The molecule has 3 aromatic rings. The van der Waals surface area contributed by atoms with Crippen LogP contribution in [0, 0.1) is 6.92 Å². The van der Waals surface area contributed by atoms with Crippen molar-refractivity contribution >= 4 is 23.4 Å². The fourth-order valence-corrected chi connectivity index (χ4v) is 1.99. The van der Waals surface area contributed by atoms with Crippen LogP contribution in [0.4, 0.5) is 17.5 Å². The second kappa shape index (κ2) is 6.69. The number of aryl methyl sites for hydroxylation is 1. The van der Waals surface area contributed by atoms with Crippen molar-refractivity contribution in [1.82, 2.24) is 15.4 Å². The highest BCUT2D eigenvalue weighted by atomic mass is 16.5. The Morgan fingerprint density at radius 3 is 2.43 bits per heavy atom. The van der Waals surface area contributed by atoms with Crippen LogP contribution in [0.25, 0.3) is 0 Å². The van der Waals surface area contributed by atoms with Crippen LogP contribution >= 0.6 is 0 Å². The van der Waals surface area contributed by atoms with Crippen molar-refractivity contribution in [3.05, 3.63) is 59.9 Å². The lowest BCUT2D eigenvalue weighted by Gasteiger charge is -2.05. The summed E-state index contributed by atoms with van der Waals surface area (Å²) in [5.41, 5.74) is 0.942. The van der Waals surface area contributed by atoms with Gasteiger partial charge in [0.1, 0.15) is 5.76 Å². The molecule has 0 saturated heterocycles. The van der Waals surface area contributed by atoms with Gasteiger partial charge in [0.15, 0.2) is 17.5 Å². The van der Waals surface area contributed by atoms with E-state index in [-0.39, 0.29) is 5.91 Å². The number of carbonyl (C=O) groups is 1. The standard InChI is InChI=1S/C16H15N5O2/c1-11-9-15(21-23-11)17-13-7-8-14(20-19-13)18-16(22)10-12-5-3-2-4-6-12/h2-9H,10H2,1H3,(H,17,19,21)(H,18,20,22). The third-order valence-electron chi connectivity index (χ3n) is 3.02. The molecule has 3 rings (SSSR count). The van der Waals surface area contributed by atoms with E-state index in [1.54, 1.807) is 25.1 Å². The van der Waals surface area contributed by atoms with Crippen LogP contribution in [0.3, 0.4) is 0 Å². The van der Waals surface area contributed by atoms with Crippen LogP contribution in [0.2, 0.25) is 0 Å². The predicted octanol–water partition coefficient (Wildman–Crippen LogP) is 2.70. The van der Waals surface area contributed by atoms with E-state index < -0.39 is 0 Å². The maximum atomic E-state index is 11.9. The molecule has 2 N–H and O–H groups in total. The van der Waals surface area contributed by atoms with Crippen LogP contribution < -0.4 is 10.6 Å². The SMILES string of the molecule is Cc1cc(Nc2ccc(NC(=O)Cc3ccccc3)nn2)no1. The molecule has 0 aliphatic carbocycles. The summed E-state index contributed by atoms with van der Waals surface area (Å²) in [4.78, 5) is 11.9. The Labute approximate surface area is 132 Å². The van der Waals surface area contributed by atoms with Crippen molar-refractivity contribution in [3.63, 3.8) is 0 Å². The summed E-state index contributed by atoms with van der Waals surface area (Å²) < 4.78 is 4.95. The number of anilines is 3. The van der Waals surface area contributed by atoms with Gasteiger partial charge >= 0.3 is 0 Å². The summed E-state index contributed by atoms with van der Waals surface area (Å²) in [6.45, 7) is 1.80. The third-order valence-corrected chi connectivity index (χ3v) is 3.02. The molecular formula is C16H15N5O2. The maximum Gasteiger partial charge on any atom is 0.229 e. The number of amides is 1. The number of nitrogens with zero attached hydrogens (tertiary/aromatic N) is 3. The first-order valence-corrected chi connectivity index (χ1v) is 7.07. The van der Waals surface area contributed by atoms with Gasteiger partial charge in [0, 0.05) is 6.07 Å². The van der Waals surface area contributed by atoms with Crippen LogP contribution in [0.5, 0.6) is 0 Å². The molecular weight excluding hydrogens is 294 g/mol. The monoisotopic (exact) mass is 309 g/mol. The topological polar surface area (TPSA) is 92.9 Å². The Bertz CT molecular complexity index is 784. The molecule has 2 aromatic heterocycles. The van der Waals surface area contributed by atoms with Crippen molar-refractivity contribution in [2.75, 3.05) is 10.6 Å². The van der Waals surface area contributed by atoms with Gasteiger partial charge < -0.3 is 15.2 Å². The van der Waals surface area contributed by atoms with Crippen molar-refractivity contribution in [2.24, 2.45) is 0 Å².